The van der Waals surface area contributed by atoms with E-state index in [0.29, 0.717) is 12.2 Å². The van der Waals surface area contributed by atoms with Gasteiger partial charge in [-0.25, -0.2) is 4.79 Å². The van der Waals surface area contributed by atoms with Gasteiger partial charge in [-0.15, -0.1) is 0 Å². The van der Waals surface area contributed by atoms with Gasteiger partial charge in [-0.1, -0.05) is 78.9 Å². The minimum atomic E-state index is -0.848. The van der Waals surface area contributed by atoms with Gasteiger partial charge in [-0.3, -0.25) is 0 Å². The molecular formula is C29H32O7. The van der Waals surface area contributed by atoms with E-state index in [-0.39, 0.29) is 13.2 Å². The average molecular weight is 493 g/mol. The lowest BCUT2D eigenvalue weighted by atomic mass is 10.1. The molecule has 0 aromatic heterocycles. The zero-order valence-corrected chi connectivity index (χ0v) is 20.5. The highest BCUT2D eigenvalue weighted by atomic mass is 16.7. The van der Waals surface area contributed by atoms with Crippen LogP contribution in [0.15, 0.2) is 91.0 Å². The fourth-order valence-corrected chi connectivity index (χ4v) is 4.16. The molecule has 0 aliphatic carbocycles. The van der Waals surface area contributed by atoms with Gasteiger partial charge in [0.25, 0.3) is 0 Å². The summed E-state index contributed by atoms with van der Waals surface area (Å²) in [7, 11) is 3.15. The zero-order chi connectivity index (χ0) is 25.2. The standard InChI is InChI=1S/C29H32O7/c1-31-24(20-33-18-21-12-6-3-7-13-21)25-26(32-2)27(35-28(30)23-16-10-5-11-17-23)29(36-25)34-19-22-14-8-4-9-15-22/h3-17,24-27,29H,18-20H2,1-2H3/t24-,25-,26+,27-,29+/m1/s1. The van der Waals surface area contributed by atoms with Crippen molar-refractivity contribution in [3.63, 3.8) is 0 Å². The Kier molecular flexibility index (Phi) is 9.61. The lowest BCUT2D eigenvalue weighted by Crippen LogP contribution is -2.44. The van der Waals surface area contributed by atoms with Gasteiger partial charge in [0.15, 0.2) is 12.4 Å². The zero-order valence-electron chi connectivity index (χ0n) is 20.5. The van der Waals surface area contributed by atoms with Crippen LogP contribution in [0.2, 0.25) is 0 Å². The van der Waals surface area contributed by atoms with Crippen molar-refractivity contribution in [3.8, 4) is 0 Å². The molecule has 7 heteroatoms. The van der Waals surface area contributed by atoms with Crippen LogP contribution in [0.5, 0.6) is 0 Å². The molecule has 0 N–H and O–H groups in total. The maximum absolute atomic E-state index is 12.9. The lowest BCUT2D eigenvalue weighted by Gasteiger charge is -2.27. The minimum Gasteiger partial charge on any atom is -0.450 e. The van der Waals surface area contributed by atoms with Crippen molar-refractivity contribution in [2.24, 2.45) is 0 Å². The first kappa shape index (κ1) is 26.0. The first-order valence-corrected chi connectivity index (χ1v) is 11.9. The summed E-state index contributed by atoms with van der Waals surface area (Å²) in [5.41, 5.74) is 2.47. The molecule has 1 fully saturated rings. The first-order chi connectivity index (χ1) is 17.7. The van der Waals surface area contributed by atoms with Crippen LogP contribution in [0.4, 0.5) is 0 Å². The summed E-state index contributed by atoms with van der Waals surface area (Å²) in [5.74, 6) is -0.477. The van der Waals surface area contributed by atoms with Gasteiger partial charge in [0, 0.05) is 14.2 Å². The number of esters is 1. The Hall–Kier alpha value is -3.07. The Bertz CT molecular complexity index is 1040. The quantitative estimate of drug-likeness (QED) is 0.347. The largest absolute Gasteiger partial charge is 0.450 e. The van der Waals surface area contributed by atoms with Crippen molar-refractivity contribution in [1.29, 1.82) is 0 Å². The van der Waals surface area contributed by atoms with E-state index in [4.69, 9.17) is 28.4 Å². The van der Waals surface area contributed by atoms with Gasteiger partial charge in [0.05, 0.1) is 25.4 Å². The van der Waals surface area contributed by atoms with E-state index >= 15 is 0 Å². The highest BCUT2D eigenvalue weighted by Gasteiger charge is 2.51. The van der Waals surface area contributed by atoms with Crippen molar-refractivity contribution in [1.82, 2.24) is 0 Å². The van der Waals surface area contributed by atoms with Crippen LogP contribution in [0.1, 0.15) is 21.5 Å². The fourth-order valence-electron chi connectivity index (χ4n) is 4.16. The summed E-state index contributed by atoms with van der Waals surface area (Å²) in [6.07, 6.45) is -3.32. The number of benzene rings is 3. The van der Waals surface area contributed by atoms with Crippen LogP contribution in [0.25, 0.3) is 0 Å². The van der Waals surface area contributed by atoms with Crippen molar-refractivity contribution in [3.05, 3.63) is 108 Å². The number of ether oxygens (including phenoxy) is 6. The van der Waals surface area contributed by atoms with Gasteiger partial charge in [0.1, 0.15) is 18.3 Å². The van der Waals surface area contributed by atoms with Crippen LogP contribution < -0.4 is 0 Å². The number of carbonyl (C=O) groups excluding carboxylic acids is 1. The van der Waals surface area contributed by atoms with Gasteiger partial charge in [-0.2, -0.15) is 0 Å². The molecule has 1 heterocycles. The highest BCUT2D eigenvalue weighted by molar-refractivity contribution is 5.89. The van der Waals surface area contributed by atoms with E-state index < -0.39 is 36.7 Å². The van der Waals surface area contributed by atoms with Crippen molar-refractivity contribution in [2.75, 3.05) is 20.8 Å². The van der Waals surface area contributed by atoms with Crippen molar-refractivity contribution >= 4 is 5.97 Å². The van der Waals surface area contributed by atoms with Crippen LogP contribution >= 0.6 is 0 Å². The second-order valence-corrected chi connectivity index (χ2v) is 8.48. The van der Waals surface area contributed by atoms with Gasteiger partial charge in [-0.05, 0) is 23.3 Å². The third-order valence-corrected chi connectivity index (χ3v) is 6.05. The Morgan fingerprint density at radius 1 is 0.806 bits per heavy atom. The smallest absolute Gasteiger partial charge is 0.338 e. The third kappa shape index (κ3) is 6.78. The molecule has 3 aromatic rings. The summed E-state index contributed by atoms with van der Waals surface area (Å²) in [4.78, 5) is 12.9. The lowest BCUT2D eigenvalue weighted by molar-refractivity contribution is -0.191. The first-order valence-electron chi connectivity index (χ1n) is 11.9. The van der Waals surface area contributed by atoms with E-state index in [1.165, 1.54) is 0 Å². The molecule has 0 radical (unpaired) electrons. The normalized spacial score (nSPS) is 22.3. The molecule has 0 amide bonds. The number of hydrogen-bond donors (Lipinski definition) is 0. The predicted octanol–water partition coefficient (Wildman–Crippen LogP) is 4.40. The molecule has 190 valence electrons. The molecular weight excluding hydrogens is 460 g/mol. The molecule has 3 aromatic carbocycles. The van der Waals surface area contributed by atoms with E-state index in [2.05, 4.69) is 0 Å². The Morgan fingerprint density at radius 2 is 1.39 bits per heavy atom. The van der Waals surface area contributed by atoms with E-state index in [1.54, 1.807) is 38.5 Å². The summed E-state index contributed by atoms with van der Waals surface area (Å²) in [5, 5.41) is 0. The second kappa shape index (κ2) is 13.3. The maximum Gasteiger partial charge on any atom is 0.338 e. The molecule has 0 spiro atoms. The number of rotatable bonds is 12. The minimum absolute atomic E-state index is 0.265. The second-order valence-electron chi connectivity index (χ2n) is 8.48. The van der Waals surface area contributed by atoms with Gasteiger partial charge in [0.2, 0.25) is 0 Å². The fraction of sp³-hybridized carbons (Fsp3) is 0.345. The highest BCUT2D eigenvalue weighted by Crippen LogP contribution is 2.31. The molecule has 1 aliphatic heterocycles. The summed E-state index contributed by atoms with van der Waals surface area (Å²) >= 11 is 0. The molecule has 0 bridgehead atoms. The van der Waals surface area contributed by atoms with Crippen LogP contribution in [-0.4, -0.2) is 57.5 Å². The third-order valence-electron chi connectivity index (χ3n) is 6.05. The van der Waals surface area contributed by atoms with Crippen molar-refractivity contribution in [2.45, 2.75) is 43.9 Å². The van der Waals surface area contributed by atoms with Gasteiger partial charge < -0.3 is 28.4 Å². The Labute approximate surface area is 211 Å². The summed E-state index contributed by atoms with van der Waals surface area (Å²) in [6.45, 7) is 0.988. The molecule has 5 atom stereocenters. The SMILES string of the molecule is CO[C@@H]1[C@@H](OC(=O)c2ccccc2)[C@@H](OCc2ccccc2)O[C@@H]1[C@@H](COCc1ccccc1)OC. The molecule has 4 rings (SSSR count). The van der Waals surface area contributed by atoms with E-state index in [1.807, 2.05) is 66.7 Å². The van der Waals surface area contributed by atoms with Gasteiger partial charge >= 0.3 is 5.97 Å². The average Bonchev–Trinajstić information content (AvgIpc) is 3.28. The Balaban J connectivity index is 1.47. The van der Waals surface area contributed by atoms with Crippen molar-refractivity contribution < 1.29 is 33.2 Å². The van der Waals surface area contributed by atoms with Crippen LogP contribution in [0, 0.1) is 0 Å². The Morgan fingerprint density at radius 3 is 1.97 bits per heavy atom. The van der Waals surface area contributed by atoms with Crippen LogP contribution in [0.3, 0.4) is 0 Å². The number of carbonyl (C=O) groups is 1. The molecule has 1 saturated heterocycles. The topological polar surface area (TPSA) is 72.5 Å². The van der Waals surface area contributed by atoms with E-state index in [9.17, 15) is 4.79 Å². The monoisotopic (exact) mass is 492 g/mol. The molecule has 1 aliphatic rings. The summed E-state index contributed by atoms with van der Waals surface area (Å²) < 4.78 is 35.7. The predicted molar refractivity (Wildman–Crippen MR) is 133 cm³/mol. The maximum atomic E-state index is 12.9. The van der Waals surface area contributed by atoms with Crippen LogP contribution in [-0.2, 0) is 41.6 Å². The molecule has 7 nitrogen and oxygen atoms in total. The number of methoxy groups -OCH3 is 2. The summed E-state index contributed by atoms with van der Waals surface area (Å²) in [6, 6.07) is 28.4. The molecule has 36 heavy (non-hydrogen) atoms. The molecule has 0 saturated carbocycles. The van der Waals surface area contributed by atoms with E-state index in [0.717, 1.165) is 11.1 Å². The molecule has 0 unspecified atom stereocenters. The number of hydrogen-bond acceptors (Lipinski definition) is 7.